The van der Waals surface area contributed by atoms with Gasteiger partial charge in [0.1, 0.15) is 5.75 Å². The molecule has 0 radical (unpaired) electrons. The van der Waals surface area contributed by atoms with Gasteiger partial charge in [0.05, 0.1) is 6.42 Å². The minimum atomic E-state index is -2.93. The molecular weight excluding hydrogens is 308 g/mol. The molecule has 1 saturated heterocycles. The Labute approximate surface area is 132 Å². The van der Waals surface area contributed by atoms with Gasteiger partial charge in [0.25, 0.3) is 0 Å². The lowest BCUT2D eigenvalue weighted by molar-refractivity contribution is -0.138. The van der Waals surface area contributed by atoms with Gasteiger partial charge >= 0.3 is 12.6 Å². The van der Waals surface area contributed by atoms with Crippen LogP contribution in [-0.2, 0) is 16.0 Å². The van der Waals surface area contributed by atoms with Crippen molar-refractivity contribution in [1.29, 1.82) is 0 Å². The molecule has 2 rings (SSSR count). The number of aliphatic carboxylic acids is 1. The number of carboxylic acids is 1. The molecule has 0 aromatic heterocycles. The topological polar surface area (TPSA) is 66.8 Å². The number of nitrogens with zero attached hydrogens (tertiary/aromatic N) is 1. The van der Waals surface area contributed by atoms with Crippen LogP contribution in [0.4, 0.5) is 8.78 Å². The second kappa shape index (κ2) is 7.89. The molecule has 1 aliphatic rings. The summed E-state index contributed by atoms with van der Waals surface area (Å²) in [7, 11) is 0. The van der Waals surface area contributed by atoms with Crippen molar-refractivity contribution in [2.45, 2.75) is 32.3 Å². The van der Waals surface area contributed by atoms with Gasteiger partial charge in [-0.1, -0.05) is 18.2 Å². The van der Waals surface area contributed by atoms with E-state index in [2.05, 4.69) is 4.74 Å². The molecule has 1 aromatic rings. The Hall–Kier alpha value is -2.18. The molecule has 1 N–H and O–H groups in total. The number of carbonyl (C=O) groups excluding carboxylic acids is 1. The van der Waals surface area contributed by atoms with Crippen molar-refractivity contribution in [1.82, 2.24) is 4.90 Å². The third-order valence-electron chi connectivity index (χ3n) is 3.96. The summed E-state index contributed by atoms with van der Waals surface area (Å²) in [6.07, 6.45) is 1.40. The van der Waals surface area contributed by atoms with Gasteiger partial charge < -0.3 is 14.7 Å². The number of ether oxygens (including phenoxy) is 1. The van der Waals surface area contributed by atoms with Crippen LogP contribution in [0, 0.1) is 5.92 Å². The third-order valence-corrected chi connectivity index (χ3v) is 3.96. The number of piperidine rings is 1. The third kappa shape index (κ3) is 5.19. The van der Waals surface area contributed by atoms with E-state index >= 15 is 0 Å². The molecule has 7 heteroatoms. The molecule has 1 heterocycles. The highest BCUT2D eigenvalue weighted by molar-refractivity contribution is 5.79. The SMILES string of the molecule is O=C(O)CC1CCN(C(=O)Cc2ccccc2OC(F)F)CC1. The average Bonchev–Trinajstić information content (AvgIpc) is 2.49. The van der Waals surface area contributed by atoms with Crippen LogP contribution in [0.1, 0.15) is 24.8 Å². The Morgan fingerprint density at radius 3 is 2.52 bits per heavy atom. The largest absolute Gasteiger partial charge is 0.481 e. The van der Waals surface area contributed by atoms with Gasteiger partial charge in [-0.3, -0.25) is 9.59 Å². The van der Waals surface area contributed by atoms with E-state index in [0.29, 0.717) is 31.5 Å². The summed E-state index contributed by atoms with van der Waals surface area (Å²) in [4.78, 5) is 24.6. The first-order valence-electron chi connectivity index (χ1n) is 7.48. The molecule has 126 valence electrons. The van der Waals surface area contributed by atoms with Gasteiger partial charge in [0.2, 0.25) is 5.91 Å². The van der Waals surface area contributed by atoms with Crippen molar-refractivity contribution in [3.8, 4) is 5.75 Å². The van der Waals surface area contributed by atoms with Gasteiger partial charge in [0.15, 0.2) is 0 Å². The summed E-state index contributed by atoms with van der Waals surface area (Å²) >= 11 is 0. The fourth-order valence-electron chi connectivity index (χ4n) is 2.77. The number of amides is 1. The van der Waals surface area contributed by atoms with Gasteiger partial charge in [0, 0.05) is 25.1 Å². The van der Waals surface area contributed by atoms with Crippen LogP contribution in [0.3, 0.4) is 0 Å². The lowest BCUT2D eigenvalue weighted by Crippen LogP contribution is -2.39. The molecule has 1 amide bonds. The lowest BCUT2D eigenvalue weighted by Gasteiger charge is -2.31. The highest BCUT2D eigenvalue weighted by atomic mass is 19.3. The van der Waals surface area contributed by atoms with Crippen molar-refractivity contribution in [2.75, 3.05) is 13.1 Å². The molecule has 23 heavy (non-hydrogen) atoms. The number of para-hydroxylation sites is 1. The zero-order valence-electron chi connectivity index (χ0n) is 12.6. The number of carboxylic acid groups (broad SMARTS) is 1. The van der Waals surface area contributed by atoms with Crippen LogP contribution in [0.2, 0.25) is 0 Å². The molecule has 0 atom stereocenters. The Bertz CT molecular complexity index is 557. The Morgan fingerprint density at radius 2 is 1.91 bits per heavy atom. The monoisotopic (exact) mass is 327 g/mol. The van der Waals surface area contributed by atoms with Crippen molar-refractivity contribution >= 4 is 11.9 Å². The first kappa shape index (κ1) is 17.2. The fraction of sp³-hybridized carbons (Fsp3) is 0.500. The molecular formula is C16H19F2NO4. The van der Waals surface area contributed by atoms with E-state index < -0.39 is 12.6 Å². The predicted octanol–water partition coefficient (Wildman–Crippen LogP) is 2.54. The number of carbonyl (C=O) groups is 2. The maximum Gasteiger partial charge on any atom is 0.387 e. The zero-order valence-corrected chi connectivity index (χ0v) is 12.6. The lowest BCUT2D eigenvalue weighted by atomic mass is 9.93. The molecule has 1 aromatic carbocycles. The van der Waals surface area contributed by atoms with E-state index in [1.165, 1.54) is 6.07 Å². The fourth-order valence-corrected chi connectivity index (χ4v) is 2.77. The number of hydrogen-bond acceptors (Lipinski definition) is 3. The van der Waals surface area contributed by atoms with Gasteiger partial charge in [-0.2, -0.15) is 8.78 Å². The van der Waals surface area contributed by atoms with Crippen molar-refractivity contribution < 1.29 is 28.2 Å². The Kier molecular flexibility index (Phi) is 5.90. The van der Waals surface area contributed by atoms with Gasteiger partial charge in [-0.25, -0.2) is 0 Å². The second-order valence-corrected chi connectivity index (χ2v) is 5.59. The Morgan fingerprint density at radius 1 is 1.26 bits per heavy atom. The number of alkyl halides is 2. The van der Waals surface area contributed by atoms with E-state index in [1.54, 1.807) is 23.1 Å². The van der Waals surface area contributed by atoms with E-state index in [-0.39, 0.29) is 30.4 Å². The Balaban J connectivity index is 1.92. The molecule has 1 fully saturated rings. The van der Waals surface area contributed by atoms with E-state index in [1.807, 2.05) is 0 Å². The standard InChI is InChI=1S/C16H19F2NO4/c17-16(18)23-13-4-2-1-3-12(13)10-14(20)19-7-5-11(6-8-19)9-15(21)22/h1-4,11,16H,5-10H2,(H,21,22). The number of benzene rings is 1. The van der Waals surface area contributed by atoms with Crippen molar-refractivity contribution in [2.24, 2.45) is 5.92 Å². The number of hydrogen-bond donors (Lipinski definition) is 1. The number of likely N-dealkylation sites (tertiary alicyclic amines) is 1. The molecule has 0 bridgehead atoms. The maximum absolute atomic E-state index is 12.4. The van der Waals surface area contributed by atoms with E-state index in [4.69, 9.17) is 5.11 Å². The minimum absolute atomic E-state index is 0.00745. The summed E-state index contributed by atoms with van der Waals surface area (Å²) in [6.45, 7) is -1.94. The summed E-state index contributed by atoms with van der Waals surface area (Å²) in [5.74, 6) is -0.889. The van der Waals surface area contributed by atoms with Crippen LogP contribution >= 0.6 is 0 Å². The zero-order chi connectivity index (χ0) is 16.8. The average molecular weight is 327 g/mol. The molecule has 0 spiro atoms. The molecule has 0 unspecified atom stereocenters. The second-order valence-electron chi connectivity index (χ2n) is 5.59. The minimum Gasteiger partial charge on any atom is -0.481 e. The predicted molar refractivity (Wildman–Crippen MR) is 78.3 cm³/mol. The van der Waals surface area contributed by atoms with E-state index in [9.17, 15) is 18.4 Å². The highest BCUT2D eigenvalue weighted by Gasteiger charge is 2.25. The molecule has 0 saturated carbocycles. The quantitative estimate of drug-likeness (QED) is 0.872. The summed E-state index contributed by atoms with van der Waals surface area (Å²) in [5.41, 5.74) is 0.422. The molecule has 1 aliphatic heterocycles. The molecule has 5 nitrogen and oxygen atoms in total. The van der Waals surface area contributed by atoms with Crippen LogP contribution in [-0.4, -0.2) is 41.6 Å². The summed E-state index contributed by atoms with van der Waals surface area (Å²) in [6, 6.07) is 6.24. The highest BCUT2D eigenvalue weighted by Crippen LogP contribution is 2.24. The van der Waals surface area contributed by atoms with E-state index in [0.717, 1.165) is 0 Å². The van der Waals surface area contributed by atoms with Crippen molar-refractivity contribution in [3.05, 3.63) is 29.8 Å². The summed E-state index contributed by atoms with van der Waals surface area (Å²) < 4.78 is 29.2. The van der Waals surface area contributed by atoms with Crippen molar-refractivity contribution in [3.63, 3.8) is 0 Å². The van der Waals surface area contributed by atoms with Crippen LogP contribution in [0.25, 0.3) is 0 Å². The van der Waals surface area contributed by atoms with Gasteiger partial charge in [-0.05, 0) is 24.8 Å². The van der Waals surface area contributed by atoms with Crippen LogP contribution < -0.4 is 4.74 Å². The molecule has 0 aliphatic carbocycles. The number of halogens is 2. The first-order valence-corrected chi connectivity index (χ1v) is 7.48. The first-order chi connectivity index (χ1) is 11.0. The smallest absolute Gasteiger partial charge is 0.387 e. The number of rotatable bonds is 6. The summed E-state index contributed by atoms with van der Waals surface area (Å²) in [5, 5.41) is 8.78. The normalized spacial score (nSPS) is 15.7. The maximum atomic E-state index is 12.4. The van der Waals surface area contributed by atoms with Gasteiger partial charge in [-0.15, -0.1) is 0 Å². The van der Waals surface area contributed by atoms with Crippen LogP contribution in [0.5, 0.6) is 5.75 Å². The van der Waals surface area contributed by atoms with Crippen LogP contribution in [0.15, 0.2) is 24.3 Å².